The van der Waals surface area contributed by atoms with Crippen molar-refractivity contribution in [1.82, 2.24) is 10.6 Å². The van der Waals surface area contributed by atoms with Crippen molar-refractivity contribution < 1.29 is 23.8 Å². The van der Waals surface area contributed by atoms with Crippen LogP contribution in [-0.2, 0) is 30.4 Å². The second-order valence-electron chi connectivity index (χ2n) is 11.7. The van der Waals surface area contributed by atoms with Crippen LogP contribution in [0.3, 0.4) is 0 Å². The van der Waals surface area contributed by atoms with E-state index in [1.54, 1.807) is 0 Å². The fourth-order valence-corrected chi connectivity index (χ4v) is 3.76. The second-order valence-corrected chi connectivity index (χ2v) is 11.7. The Kier molecular flexibility index (Phi) is 13.9. The number of nitrogens with one attached hydrogen (secondary N) is 2. The first-order valence-electron chi connectivity index (χ1n) is 13.4. The van der Waals surface area contributed by atoms with E-state index in [2.05, 4.69) is 10.6 Å². The van der Waals surface area contributed by atoms with E-state index in [-0.39, 0.29) is 43.2 Å². The van der Waals surface area contributed by atoms with Gasteiger partial charge in [-0.25, -0.2) is 0 Å². The van der Waals surface area contributed by atoms with E-state index in [1.807, 2.05) is 85.7 Å². The van der Waals surface area contributed by atoms with Crippen LogP contribution in [0.5, 0.6) is 0 Å². The first-order valence-corrected chi connectivity index (χ1v) is 13.4. The molecule has 0 aromatic heterocycles. The highest BCUT2D eigenvalue weighted by molar-refractivity contribution is 5.92. The number of benzene rings is 1. The maximum absolute atomic E-state index is 13.4. The summed E-state index contributed by atoms with van der Waals surface area (Å²) in [6.07, 6.45) is 2.02. The Hall–Kier alpha value is -1.84. The van der Waals surface area contributed by atoms with Crippen LogP contribution in [0.2, 0.25) is 0 Å². The van der Waals surface area contributed by atoms with Gasteiger partial charge in [0.25, 0.3) is 0 Å². The number of hydrogen-bond donors (Lipinski definition) is 3. The van der Waals surface area contributed by atoms with E-state index in [4.69, 9.17) is 19.9 Å². The van der Waals surface area contributed by atoms with Crippen molar-refractivity contribution in [3.63, 3.8) is 0 Å². The molecule has 8 nitrogen and oxygen atoms in total. The molecule has 0 amide bonds. The van der Waals surface area contributed by atoms with Crippen LogP contribution < -0.4 is 16.4 Å². The van der Waals surface area contributed by atoms with Crippen LogP contribution in [0.15, 0.2) is 30.3 Å². The zero-order valence-corrected chi connectivity index (χ0v) is 24.3. The molecule has 1 atom stereocenters. The van der Waals surface area contributed by atoms with Gasteiger partial charge in [0.1, 0.15) is 6.61 Å². The van der Waals surface area contributed by atoms with Crippen LogP contribution >= 0.6 is 0 Å². The summed E-state index contributed by atoms with van der Waals surface area (Å²) in [5.41, 5.74) is 5.05. The Labute approximate surface area is 224 Å². The number of carbonyl (C=O) groups excluding carboxylic acids is 2. The van der Waals surface area contributed by atoms with Crippen LogP contribution in [0.25, 0.3) is 0 Å². The minimum Gasteiger partial charge on any atom is -0.461 e. The normalized spacial score (nSPS) is 13.6. The maximum atomic E-state index is 13.4. The summed E-state index contributed by atoms with van der Waals surface area (Å²) < 4.78 is 17.4. The molecular weight excluding hydrogens is 470 g/mol. The Morgan fingerprint density at radius 1 is 0.946 bits per heavy atom. The molecule has 0 radical (unpaired) electrons. The molecule has 0 saturated carbocycles. The third kappa shape index (κ3) is 14.0. The average molecular weight is 522 g/mol. The molecule has 37 heavy (non-hydrogen) atoms. The van der Waals surface area contributed by atoms with Gasteiger partial charge in [-0.05, 0) is 72.9 Å². The number of rotatable bonds is 19. The molecule has 0 bridgehead atoms. The van der Waals surface area contributed by atoms with Crippen molar-refractivity contribution in [3.05, 3.63) is 35.9 Å². The van der Waals surface area contributed by atoms with E-state index in [0.717, 1.165) is 12.0 Å². The van der Waals surface area contributed by atoms with Crippen molar-refractivity contribution in [3.8, 4) is 0 Å². The van der Waals surface area contributed by atoms with Crippen LogP contribution in [0, 0.1) is 0 Å². The van der Waals surface area contributed by atoms with Gasteiger partial charge in [-0.2, -0.15) is 0 Å². The molecule has 0 aliphatic heterocycles. The summed E-state index contributed by atoms with van der Waals surface area (Å²) in [5.74, 6) is -0.342. The highest BCUT2D eigenvalue weighted by Gasteiger charge is 2.34. The molecule has 0 aliphatic rings. The molecule has 212 valence electrons. The molecule has 0 fully saturated rings. The quantitative estimate of drug-likeness (QED) is 0.184. The van der Waals surface area contributed by atoms with Crippen LogP contribution in [-0.4, -0.2) is 60.5 Å². The lowest BCUT2D eigenvalue weighted by atomic mass is 9.90. The molecule has 1 unspecified atom stereocenters. The third-order valence-corrected chi connectivity index (χ3v) is 6.27. The smallest absolute Gasteiger partial charge is 0.306 e. The van der Waals surface area contributed by atoms with Crippen molar-refractivity contribution in [2.45, 2.75) is 117 Å². The number of nitrogens with two attached hydrogens (primary N) is 1. The summed E-state index contributed by atoms with van der Waals surface area (Å²) in [5, 5.41) is 6.55. The van der Waals surface area contributed by atoms with Crippen LogP contribution in [0.1, 0.15) is 86.6 Å². The predicted octanol–water partition coefficient (Wildman–Crippen LogP) is 4.10. The molecule has 8 heteroatoms. The number of esters is 1. The van der Waals surface area contributed by atoms with Crippen molar-refractivity contribution >= 4 is 11.8 Å². The Morgan fingerprint density at radius 2 is 1.57 bits per heavy atom. The number of carbonyl (C=O) groups is 2. The van der Waals surface area contributed by atoms with Crippen molar-refractivity contribution in [2.75, 3.05) is 19.9 Å². The van der Waals surface area contributed by atoms with Crippen molar-refractivity contribution in [1.29, 1.82) is 0 Å². The number of Topliss-reactive ketones (excluding diaryl/α,β-unsaturated/α-hetero) is 1. The summed E-state index contributed by atoms with van der Waals surface area (Å²) >= 11 is 0. The fourth-order valence-electron chi connectivity index (χ4n) is 3.76. The highest BCUT2D eigenvalue weighted by atomic mass is 16.5. The van der Waals surface area contributed by atoms with Gasteiger partial charge in [0.2, 0.25) is 0 Å². The first-order chi connectivity index (χ1) is 17.2. The lowest BCUT2D eigenvalue weighted by molar-refractivity contribution is -0.145. The predicted molar refractivity (Wildman–Crippen MR) is 148 cm³/mol. The molecule has 0 saturated heterocycles. The maximum Gasteiger partial charge on any atom is 0.306 e. The largest absolute Gasteiger partial charge is 0.461 e. The fraction of sp³-hybridized carbons (Fsp3) is 0.724. The summed E-state index contributed by atoms with van der Waals surface area (Å²) in [6, 6.07) is 9.15. The SMILES string of the molecule is CC(C)NC(CCC(=O)OCc1ccccc1)C(=O)C(C)(C)NCOC(C)(C)CCOC(C)(C)CCN. The second kappa shape index (κ2) is 15.5. The minimum atomic E-state index is -0.851. The van der Waals surface area contributed by atoms with E-state index in [0.29, 0.717) is 26.0 Å². The number of ether oxygens (including phenoxy) is 3. The lowest BCUT2D eigenvalue weighted by Crippen LogP contribution is -2.57. The van der Waals surface area contributed by atoms with Gasteiger partial charge < -0.3 is 25.3 Å². The summed E-state index contributed by atoms with van der Waals surface area (Å²) in [6.45, 7) is 17.3. The molecule has 4 N–H and O–H groups in total. The Bertz CT molecular complexity index is 809. The third-order valence-electron chi connectivity index (χ3n) is 6.27. The first kappa shape index (κ1) is 33.2. The van der Waals surface area contributed by atoms with Gasteiger partial charge in [0, 0.05) is 12.5 Å². The topological polar surface area (TPSA) is 112 Å². The zero-order valence-electron chi connectivity index (χ0n) is 24.3. The summed E-state index contributed by atoms with van der Waals surface area (Å²) in [7, 11) is 0. The van der Waals surface area contributed by atoms with E-state index in [1.165, 1.54) is 0 Å². The minimum absolute atomic E-state index is 0.0228. The van der Waals surface area contributed by atoms with E-state index >= 15 is 0 Å². The highest BCUT2D eigenvalue weighted by Crippen LogP contribution is 2.20. The molecule has 0 heterocycles. The zero-order chi connectivity index (χ0) is 28.1. The van der Waals surface area contributed by atoms with Gasteiger partial charge in [0.05, 0.1) is 36.1 Å². The standard InChI is InChI=1S/C29H51N3O5/c1-22(2)32-24(14-15-25(33)35-20-23-12-10-9-11-13-23)26(34)29(7,8)31-21-37-28(5,6)17-19-36-27(3,4)16-18-30/h9-13,22,24,31-32H,14-21,30H2,1-8H3. The van der Waals surface area contributed by atoms with Gasteiger partial charge in [-0.1, -0.05) is 44.2 Å². The average Bonchev–Trinajstić information content (AvgIpc) is 2.79. The number of hydrogen-bond acceptors (Lipinski definition) is 8. The lowest BCUT2D eigenvalue weighted by Gasteiger charge is -2.33. The van der Waals surface area contributed by atoms with E-state index in [9.17, 15) is 9.59 Å². The summed E-state index contributed by atoms with van der Waals surface area (Å²) in [4.78, 5) is 25.8. The van der Waals surface area contributed by atoms with Gasteiger partial charge in [-0.15, -0.1) is 0 Å². The molecule has 1 aromatic rings. The molecular formula is C29H51N3O5. The van der Waals surface area contributed by atoms with Crippen LogP contribution in [0.4, 0.5) is 0 Å². The van der Waals surface area contributed by atoms with Gasteiger partial charge in [-0.3, -0.25) is 14.9 Å². The molecule has 1 rings (SSSR count). The molecule has 1 aromatic carbocycles. The number of ketones is 1. The Balaban J connectivity index is 2.57. The van der Waals surface area contributed by atoms with Gasteiger partial charge >= 0.3 is 5.97 Å². The Morgan fingerprint density at radius 3 is 2.16 bits per heavy atom. The molecule has 0 spiro atoms. The van der Waals surface area contributed by atoms with Crippen molar-refractivity contribution in [2.24, 2.45) is 5.73 Å². The van der Waals surface area contributed by atoms with E-state index < -0.39 is 17.2 Å². The molecule has 0 aliphatic carbocycles. The monoisotopic (exact) mass is 521 g/mol. The van der Waals surface area contributed by atoms with Gasteiger partial charge in [0.15, 0.2) is 5.78 Å².